The second-order valence-corrected chi connectivity index (χ2v) is 9.53. The van der Waals surface area contributed by atoms with Gasteiger partial charge in [0.1, 0.15) is 24.1 Å². The van der Waals surface area contributed by atoms with Gasteiger partial charge in [0.05, 0.1) is 12.9 Å². The number of carboxylic acid groups (broad SMARTS) is 1. The summed E-state index contributed by atoms with van der Waals surface area (Å²) in [7, 11) is -4.42. The number of ether oxygens (including phenoxy) is 1. The molecule has 0 aliphatic carbocycles. The van der Waals surface area contributed by atoms with Crippen LogP contribution in [0.25, 0.3) is 11.2 Å². The first-order chi connectivity index (χ1) is 17.1. The van der Waals surface area contributed by atoms with Crippen molar-refractivity contribution in [3.05, 3.63) is 42.7 Å². The second-order valence-electron chi connectivity index (χ2n) is 7.89. The summed E-state index contributed by atoms with van der Waals surface area (Å²) in [5, 5.41) is 21.8. The number of aromatic nitrogens is 4. The Kier molecular flexibility index (Phi) is 6.94. The molecule has 1 aromatic carbocycles. The first kappa shape index (κ1) is 25.5. The lowest BCUT2D eigenvalue weighted by Gasteiger charge is -2.30. The molecule has 5 atom stereocenters. The van der Waals surface area contributed by atoms with Crippen LogP contribution in [0.1, 0.15) is 19.6 Å². The molecule has 13 nitrogen and oxygen atoms in total. The van der Waals surface area contributed by atoms with Crippen molar-refractivity contribution in [2.45, 2.75) is 37.3 Å². The van der Waals surface area contributed by atoms with Gasteiger partial charge in [-0.3, -0.25) is 13.9 Å². The van der Waals surface area contributed by atoms with Crippen LogP contribution in [0.2, 0.25) is 0 Å². The minimum Gasteiger partial charge on any atom is -0.480 e. The summed E-state index contributed by atoms with van der Waals surface area (Å²) in [5.74, 6) is 0.936. The van der Waals surface area contributed by atoms with E-state index in [1.807, 2.05) is 0 Å². The Morgan fingerprint density at radius 1 is 1.47 bits per heavy atom. The van der Waals surface area contributed by atoms with Crippen LogP contribution in [0.4, 0.5) is 10.2 Å². The zero-order chi connectivity index (χ0) is 26.1. The highest BCUT2D eigenvalue weighted by Gasteiger charge is 2.53. The maximum Gasteiger partial charge on any atom is 0.459 e. The fraction of sp³-hybridized carbons (Fsp3) is 0.333. The molecule has 3 heterocycles. The SMILES string of the molecule is C#C[C@]1(CO)O[C@@H](n2cnc3c(N)nc(F)nc32)C[C@@H]1O[P@@](=O)(NC(C)C(=O)O)Oc1ccccc1. The number of anilines is 1. The number of carboxylic acids is 1. The average molecular weight is 520 g/mol. The molecule has 0 saturated carbocycles. The highest BCUT2D eigenvalue weighted by Crippen LogP contribution is 2.51. The topological polar surface area (TPSA) is 184 Å². The van der Waals surface area contributed by atoms with Gasteiger partial charge >= 0.3 is 19.8 Å². The number of rotatable bonds is 9. The molecular formula is C21H22FN6O7P. The average Bonchev–Trinajstić information content (AvgIpc) is 3.41. The fourth-order valence-corrected chi connectivity index (χ4v) is 5.36. The highest BCUT2D eigenvalue weighted by molar-refractivity contribution is 7.52. The van der Waals surface area contributed by atoms with E-state index in [2.05, 4.69) is 26.0 Å². The number of hydrogen-bond donors (Lipinski definition) is 4. The Morgan fingerprint density at radius 3 is 2.83 bits per heavy atom. The first-order valence-electron chi connectivity index (χ1n) is 10.6. The largest absolute Gasteiger partial charge is 0.480 e. The number of aliphatic carboxylic acids is 1. The summed E-state index contributed by atoms with van der Waals surface area (Å²) >= 11 is 0. The van der Waals surface area contributed by atoms with Crippen molar-refractivity contribution in [3.8, 4) is 18.1 Å². The molecule has 0 spiro atoms. The van der Waals surface area contributed by atoms with Gasteiger partial charge in [-0.05, 0) is 19.1 Å². The van der Waals surface area contributed by atoms with Crippen LogP contribution in [0.5, 0.6) is 5.75 Å². The standard InChI is InChI=1S/C21H22FN6O7P/c1-3-21(10-29)14(9-15(33-21)28-11-24-16-17(23)25-20(22)26-18(16)28)35-36(32,27-12(2)19(30)31)34-13-7-5-4-6-8-13/h1,4-8,11-12,14-15,29H,9-10H2,2H3,(H,27,32)(H,30,31)(H2,23,25,26)/t12?,14-,15+,21+,36+/m0/s1. The molecule has 0 amide bonds. The van der Waals surface area contributed by atoms with Gasteiger partial charge in [-0.1, -0.05) is 24.1 Å². The lowest BCUT2D eigenvalue weighted by atomic mass is 9.99. The fourth-order valence-electron chi connectivity index (χ4n) is 3.63. The van der Waals surface area contributed by atoms with E-state index in [0.29, 0.717) is 0 Å². The minimum atomic E-state index is -4.42. The number of nitrogens with two attached hydrogens (primary N) is 1. The molecule has 3 aromatic rings. The number of para-hydroxylation sites is 1. The summed E-state index contributed by atoms with van der Waals surface area (Å²) in [5.41, 5.74) is 3.99. The molecule has 2 aromatic heterocycles. The zero-order valence-electron chi connectivity index (χ0n) is 18.8. The predicted molar refractivity (Wildman–Crippen MR) is 123 cm³/mol. The van der Waals surface area contributed by atoms with E-state index < -0.39 is 50.4 Å². The Hall–Kier alpha value is -3.60. The van der Waals surface area contributed by atoms with Gasteiger partial charge in [0.2, 0.25) is 0 Å². The molecule has 36 heavy (non-hydrogen) atoms. The van der Waals surface area contributed by atoms with Crippen LogP contribution >= 0.6 is 7.75 Å². The predicted octanol–water partition coefficient (Wildman–Crippen LogP) is 1.47. The number of aliphatic hydroxyl groups excluding tert-OH is 1. The van der Waals surface area contributed by atoms with Crippen molar-refractivity contribution in [2.75, 3.05) is 12.3 Å². The van der Waals surface area contributed by atoms with Gasteiger partial charge < -0.3 is 25.2 Å². The highest BCUT2D eigenvalue weighted by atomic mass is 31.2. The zero-order valence-corrected chi connectivity index (χ0v) is 19.7. The van der Waals surface area contributed by atoms with Crippen molar-refractivity contribution in [1.82, 2.24) is 24.6 Å². The first-order valence-corrected chi connectivity index (χ1v) is 12.1. The molecule has 190 valence electrons. The van der Waals surface area contributed by atoms with Crippen LogP contribution in [0.3, 0.4) is 0 Å². The molecule has 0 bridgehead atoms. The van der Waals surface area contributed by atoms with Crippen LogP contribution in [0, 0.1) is 18.4 Å². The van der Waals surface area contributed by atoms with Crippen LogP contribution in [-0.4, -0.2) is 60.1 Å². The molecule has 1 aliphatic rings. The number of halogens is 1. The van der Waals surface area contributed by atoms with Crippen molar-refractivity contribution in [1.29, 1.82) is 0 Å². The van der Waals surface area contributed by atoms with E-state index in [0.717, 1.165) is 0 Å². The van der Waals surface area contributed by atoms with Gasteiger partial charge in [-0.15, -0.1) is 6.42 Å². The third-order valence-corrected chi connectivity index (χ3v) is 7.14. The van der Waals surface area contributed by atoms with Gasteiger partial charge in [-0.25, -0.2) is 9.55 Å². The number of aliphatic hydroxyl groups is 1. The summed E-state index contributed by atoms with van der Waals surface area (Å²) in [4.78, 5) is 22.6. The minimum absolute atomic E-state index is 0.00384. The quantitative estimate of drug-likeness (QED) is 0.181. The van der Waals surface area contributed by atoms with Crippen LogP contribution < -0.4 is 15.3 Å². The maximum atomic E-state index is 13.8. The Morgan fingerprint density at radius 2 is 2.19 bits per heavy atom. The van der Waals surface area contributed by atoms with E-state index in [-0.39, 0.29) is 29.2 Å². The lowest BCUT2D eigenvalue weighted by molar-refractivity contribution is -0.138. The van der Waals surface area contributed by atoms with E-state index in [1.54, 1.807) is 18.2 Å². The van der Waals surface area contributed by atoms with E-state index >= 15 is 0 Å². The third-order valence-electron chi connectivity index (χ3n) is 5.45. The number of nitrogens with zero attached hydrogens (tertiary/aromatic N) is 4. The summed E-state index contributed by atoms with van der Waals surface area (Å²) in [6.45, 7) is 0.486. The summed E-state index contributed by atoms with van der Waals surface area (Å²) < 4.78 is 46.1. The number of fused-ring (bicyclic) bond motifs is 1. The second kappa shape index (κ2) is 9.81. The van der Waals surface area contributed by atoms with Gasteiger partial charge in [-0.2, -0.15) is 19.4 Å². The molecule has 1 aliphatic heterocycles. The molecule has 1 saturated heterocycles. The van der Waals surface area contributed by atoms with Gasteiger partial charge in [0.25, 0.3) is 0 Å². The number of hydrogen-bond acceptors (Lipinski definition) is 10. The number of nitrogens with one attached hydrogen (secondary N) is 1. The van der Waals surface area contributed by atoms with Gasteiger partial charge in [0, 0.05) is 6.42 Å². The lowest BCUT2D eigenvalue weighted by Crippen LogP contribution is -2.44. The molecule has 1 unspecified atom stereocenters. The Labute approximate surface area is 204 Å². The number of terminal acetylenes is 1. The number of benzene rings is 1. The summed E-state index contributed by atoms with van der Waals surface area (Å²) in [6, 6.07) is 6.58. The third kappa shape index (κ3) is 4.88. The van der Waals surface area contributed by atoms with Crippen molar-refractivity contribution < 1.29 is 37.7 Å². The van der Waals surface area contributed by atoms with Gasteiger partial charge in [0.15, 0.2) is 22.6 Å². The molecule has 0 radical (unpaired) electrons. The van der Waals surface area contributed by atoms with Crippen molar-refractivity contribution in [2.24, 2.45) is 0 Å². The van der Waals surface area contributed by atoms with Crippen LogP contribution in [0.15, 0.2) is 36.7 Å². The van der Waals surface area contributed by atoms with E-state index in [9.17, 15) is 24.0 Å². The monoisotopic (exact) mass is 520 g/mol. The molecule has 5 N–H and O–H groups in total. The molecule has 15 heteroatoms. The number of imidazole rings is 1. The molecule has 4 rings (SSSR count). The Bertz CT molecular complexity index is 1370. The molecular weight excluding hydrogens is 498 g/mol. The number of carbonyl (C=O) groups is 1. The van der Waals surface area contributed by atoms with E-state index in [4.69, 9.17) is 25.9 Å². The van der Waals surface area contributed by atoms with E-state index in [1.165, 1.54) is 30.0 Å². The smallest absolute Gasteiger partial charge is 0.459 e. The molecule has 1 fully saturated rings. The maximum absolute atomic E-state index is 13.8. The summed E-state index contributed by atoms with van der Waals surface area (Å²) in [6.07, 6.45) is 3.43. The normalized spacial score (nSPS) is 24.2. The van der Waals surface area contributed by atoms with Crippen LogP contribution in [-0.2, 0) is 18.6 Å². The van der Waals surface area contributed by atoms with Crippen molar-refractivity contribution in [3.63, 3.8) is 0 Å². The Balaban J connectivity index is 1.69. The van der Waals surface area contributed by atoms with Crippen molar-refractivity contribution >= 4 is 30.7 Å². The number of nitrogen functional groups attached to an aromatic ring is 1.